The van der Waals surface area contributed by atoms with Crippen LogP contribution in [0.15, 0.2) is 24.3 Å². The van der Waals surface area contributed by atoms with E-state index in [2.05, 4.69) is 41.3 Å². The molecule has 2 aliphatic rings. The van der Waals surface area contributed by atoms with Gasteiger partial charge < -0.3 is 5.32 Å². The molecule has 0 amide bonds. The fourth-order valence-electron chi connectivity index (χ4n) is 2.89. The highest BCUT2D eigenvalue weighted by Gasteiger charge is 2.24. The minimum absolute atomic E-state index is 0.625. The van der Waals surface area contributed by atoms with E-state index in [1.807, 2.05) is 0 Å². The van der Waals surface area contributed by atoms with Crippen molar-refractivity contribution < 1.29 is 0 Å². The minimum atomic E-state index is 0.625. The largest absolute Gasteiger partial charge is 0.306 e. The van der Waals surface area contributed by atoms with Crippen molar-refractivity contribution in [3.63, 3.8) is 0 Å². The summed E-state index contributed by atoms with van der Waals surface area (Å²) in [5, 5.41) is 3.85. The number of rotatable bonds is 2. The predicted octanol–water partition coefficient (Wildman–Crippen LogP) is 3.16. The van der Waals surface area contributed by atoms with E-state index in [4.69, 9.17) is 0 Å². The van der Waals surface area contributed by atoms with Crippen molar-refractivity contribution in [1.82, 2.24) is 5.32 Å². The molecular formula is C14H19NS. The summed E-state index contributed by atoms with van der Waals surface area (Å²) in [6.45, 7) is 0. The summed E-state index contributed by atoms with van der Waals surface area (Å²) in [4.78, 5) is 0. The van der Waals surface area contributed by atoms with E-state index in [0.29, 0.717) is 6.04 Å². The summed E-state index contributed by atoms with van der Waals surface area (Å²) >= 11 is 2.11. The van der Waals surface area contributed by atoms with E-state index in [9.17, 15) is 0 Å². The average Bonchev–Trinajstić information content (AvgIpc) is 2.74. The van der Waals surface area contributed by atoms with Crippen LogP contribution in [0.2, 0.25) is 0 Å². The first-order valence-electron chi connectivity index (χ1n) is 6.35. The van der Waals surface area contributed by atoms with Crippen LogP contribution >= 0.6 is 11.8 Å². The van der Waals surface area contributed by atoms with Gasteiger partial charge in [-0.3, -0.25) is 0 Å². The second kappa shape index (κ2) is 4.80. The summed E-state index contributed by atoms with van der Waals surface area (Å²) in [5.41, 5.74) is 3.11. The van der Waals surface area contributed by atoms with Crippen molar-refractivity contribution in [3.05, 3.63) is 35.4 Å². The first-order valence-corrected chi connectivity index (χ1v) is 7.50. The van der Waals surface area contributed by atoms with Gasteiger partial charge in [-0.1, -0.05) is 24.3 Å². The van der Waals surface area contributed by atoms with Crippen molar-refractivity contribution in [2.24, 2.45) is 0 Å². The lowest BCUT2D eigenvalue weighted by atomic mass is 10.1. The maximum Gasteiger partial charge on any atom is 0.0328 e. The Bertz CT molecular complexity index is 358. The maximum atomic E-state index is 3.85. The molecule has 0 bridgehead atoms. The van der Waals surface area contributed by atoms with Crippen LogP contribution in [0.4, 0.5) is 0 Å². The maximum absolute atomic E-state index is 3.85. The molecular weight excluding hydrogens is 214 g/mol. The Morgan fingerprint density at radius 2 is 2.12 bits per heavy atom. The quantitative estimate of drug-likeness (QED) is 0.842. The van der Waals surface area contributed by atoms with E-state index in [0.717, 1.165) is 6.04 Å². The molecule has 1 nitrogen and oxygen atoms in total. The number of hydrogen-bond donors (Lipinski definition) is 1. The van der Waals surface area contributed by atoms with E-state index < -0.39 is 0 Å². The van der Waals surface area contributed by atoms with Gasteiger partial charge >= 0.3 is 0 Å². The van der Waals surface area contributed by atoms with E-state index in [1.54, 1.807) is 11.1 Å². The summed E-state index contributed by atoms with van der Waals surface area (Å²) < 4.78 is 0. The third kappa shape index (κ3) is 2.14. The molecule has 1 aliphatic heterocycles. The molecule has 2 heteroatoms. The molecule has 2 atom stereocenters. The molecule has 1 fully saturated rings. The van der Waals surface area contributed by atoms with Crippen molar-refractivity contribution in [1.29, 1.82) is 0 Å². The Hall–Kier alpha value is -0.470. The van der Waals surface area contributed by atoms with Crippen molar-refractivity contribution >= 4 is 11.8 Å². The van der Waals surface area contributed by atoms with Gasteiger partial charge in [-0.2, -0.15) is 11.8 Å². The van der Waals surface area contributed by atoms with E-state index in [-0.39, 0.29) is 0 Å². The minimum Gasteiger partial charge on any atom is -0.306 e. The van der Waals surface area contributed by atoms with Crippen LogP contribution in [0.5, 0.6) is 0 Å². The fourth-order valence-corrected chi connectivity index (χ4v) is 3.97. The average molecular weight is 233 g/mol. The summed E-state index contributed by atoms with van der Waals surface area (Å²) in [7, 11) is 0. The highest BCUT2D eigenvalue weighted by Crippen LogP contribution is 2.32. The molecule has 2 unspecified atom stereocenters. The van der Waals surface area contributed by atoms with Gasteiger partial charge in [-0.05, 0) is 42.6 Å². The van der Waals surface area contributed by atoms with Crippen LogP contribution in [-0.4, -0.2) is 17.5 Å². The van der Waals surface area contributed by atoms with Gasteiger partial charge in [0, 0.05) is 17.8 Å². The molecule has 0 spiro atoms. The first kappa shape index (κ1) is 10.7. The molecule has 1 aromatic rings. The Morgan fingerprint density at radius 3 is 3.00 bits per heavy atom. The van der Waals surface area contributed by atoms with Crippen LogP contribution in [0, 0.1) is 0 Å². The fraction of sp³-hybridized carbons (Fsp3) is 0.571. The van der Waals surface area contributed by atoms with Gasteiger partial charge in [0.25, 0.3) is 0 Å². The van der Waals surface area contributed by atoms with Crippen LogP contribution in [0.1, 0.15) is 36.4 Å². The number of nitrogens with one attached hydrogen (secondary N) is 1. The SMILES string of the molecule is c1ccc2c(c1)CCC2NC1CCCSC1. The van der Waals surface area contributed by atoms with Gasteiger partial charge in [-0.15, -0.1) is 0 Å². The second-order valence-corrected chi connectivity index (χ2v) is 6.02. The number of thioether (sulfide) groups is 1. The molecule has 0 radical (unpaired) electrons. The molecule has 3 rings (SSSR count). The molecule has 1 aliphatic carbocycles. The Balaban J connectivity index is 1.68. The molecule has 1 aromatic carbocycles. The zero-order valence-corrected chi connectivity index (χ0v) is 10.4. The summed E-state index contributed by atoms with van der Waals surface area (Å²) in [6, 6.07) is 10.3. The molecule has 86 valence electrons. The normalized spacial score (nSPS) is 29.0. The van der Waals surface area contributed by atoms with Gasteiger partial charge in [0.05, 0.1) is 0 Å². The van der Waals surface area contributed by atoms with Crippen molar-refractivity contribution in [3.8, 4) is 0 Å². The zero-order valence-electron chi connectivity index (χ0n) is 9.61. The van der Waals surface area contributed by atoms with E-state index in [1.165, 1.54) is 37.2 Å². The third-order valence-corrected chi connectivity index (χ3v) is 4.95. The molecule has 1 saturated heterocycles. The smallest absolute Gasteiger partial charge is 0.0328 e. The zero-order chi connectivity index (χ0) is 10.8. The van der Waals surface area contributed by atoms with Crippen molar-refractivity contribution in [2.45, 2.75) is 37.8 Å². The van der Waals surface area contributed by atoms with Crippen LogP contribution in [0.3, 0.4) is 0 Å². The molecule has 0 aromatic heterocycles. The Kier molecular flexibility index (Phi) is 3.20. The van der Waals surface area contributed by atoms with Gasteiger partial charge in [-0.25, -0.2) is 0 Å². The van der Waals surface area contributed by atoms with Crippen LogP contribution in [-0.2, 0) is 6.42 Å². The summed E-state index contributed by atoms with van der Waals surface area (Å²) in [6.07, 6.45) is 5.30. The highest BCUT2D eigenvalue weighted by atomic mass is 32.2. The molecule has 1 N–H and O–H groups in total. The van der Waals surface area contributed by atoms with E-state index >= 15 is 0 Å². The van der Waals surface area contributed by atoms with Crippen molar-refractivity contribution in [2.75, 3.05) is 11.5 Å². The molecule has 0 saturated carbocycles. The lowest BCUT2D eigenvalue weighted by molar-refractivity contribution is 0.431. The standard InChI is InChI=1S/C14H19NS/c1-2-6-13-11(4-1)7-8-14(13)15-12-5-3-9-16-10-12/h1-2,4,6,12,14-15H,3,5,7-10H2. The lowest BCUT2D eigenvalue weighted by Crippen LogP contribution is -2.35. The number of hydrogen-bond acceptors (Lipinski definition) is 2. The monoisotopic (exact) mass is 233 g/mol. The number of aryl methyl sites for hydroxylation is 1. The van der Waals surface area contributed by atoms with Gasteiger partial charge in [0.1, 0.15) is 0 Å². The lowest BCUT2D eigenvalue weighted by Gasteiger charge is -2.26. The van der Waals surface area contributed by atoms with Crippen LogP contribution < -0.4 is 5.32 Å². The second-order valence-electron chi connectivity index (χ2n) is 4.87. The van der Waals surface area contributed by atoms with Gasteiger partial charge in [0.2, 0.25) is 0 Å². The Labute approximate surface area is 102 Å². The first-order chi connectivity index (χ1) is 7.93. The van der Waals surface area contributed by atoms with Gasteiger partial charge in [0.15, 0.2) is 0 Å². The molecule has 16 heavy (non-hydrogen) atoms. The third-order valence-electron chi connectivity index (χ3n) is 3.73. The number of benzene rings is 1. The Morgan fingerprint density at radius 1 is 1.19 bits per heavy atom. The predicted molar refractivity (Wildman–Crippen MR) is 71.0 cm³/mol. The highest BCUT2D eigenvalue weighted by molar-refractivity contribution is 7.99. The molecule has 1 heterocycles. The number of fused-ring (bicyclic) bond motifs is 1. The topological polar surface area (TPSA) is 12.0 Å². The summed E-state index contributed by atoms with van der Waals surface area (Å²) in [5.74, 6) is 2.66. The van der Waals surface area contributed by atoms with Crippen LogP contribution in [0.25, 0.3) is 0 Å².